The highest BCUT2D eigenvalue weighted by Crippen LogP contribution is 2.29. The quantitative estimate of drug-likeness (QED) is 0.402. The second-order valence-electron chi connectivity index (χ2n) is 4.80. The number of para-hydroxylation sites is 1. The highest BCUT2D eigenvalue weighted by molar-refractivity contribution is 7.71. The summed E-state index contributed by atoms with van der Waals surface area (Å²) < 4.78 is 0.189. The number of rotatable bonds is 1. The summed E-state index contributed by atoms with van der Waals surface area (Å²) in [5.41, 5.74) is 1.27. The molecule has 7 nitrogen and oxygen atoms in total. The summed E-state index contributed by atoms with van der Waals surface area (Å²) >= 11 is 5.10. The fourth-order valence-corrected chi connectivity index (χ4v) is 2.76. The van der Waals surface area contributed by atoms with Crippen molar-refractivity contribution in [2.45, 2.75) is 0 Å². The van der Waals surface area contributed by atoms with E-state index in [9.17, 15) is 9.59 Å². The van der Waals surface area contributed by atoms with Crippen LogP contribution in [0.25, 0.3) is 33.2 Å². The molecule has 0 atom stereocenters. The largest absolute Gasteiger partial charge is 0.360 e. The Hall–Kier alpha value is -3.00. The fraction of sp³-hybridized carbons (Fsp3) is 0. The number of hydrogen-bond acceptors (Lipinski definition) is 4. The Morgan fingerprint density at radius 3 is 2.73 bits per heavy atom. The van der Waals surface area contributed by atoms with Gasteiger partial charge < -0.3 is 9.97 Å². The molecular weight excluding hydrogens is 302 g/mol. The van der Waals surface area contributed by atoms with Crippen molar-refractivity contribution in [2.24, 2.45) is 0 Å². The van der Waals surface area contributed by atoms with Gasteiger partial charge in [0.15, 0.2) is 10.4 Å². The zero-order valence-electron chi connectivity index (χ0n) is 11.1. The van der Waals surface area contributed by atoms with Gasteiger partial charge in [0.25, 0.3) is 5.56 Å². The van der Waals surface area contributed by atoms with E-state index in [0.29, 0.717) is 5.69 Å². The molecule has 3 heterocycles. The maximum absolute atomic E-state index is 12.2. The summed E-state index contributed by atoms with van der Waals surface area (Å²) in [6.45, 7) is 0. The van der Waals surface area contributed by atoms with Crippen LogP contribution in [0.1, 0.15) is 0 Å². The van der Waals surface area contributed by atoms with Crippen LogP contribution in [0.3, 0.4) is 0 Å². The molecule has 0 spiro atoms. The van der Waals surface area contributed by atoms with Crippen molar-refractivity contribution in [3.63, 3.8) is 0 Å². The van der Waals surface area contributed by atoms with Crippen molar-refractivity contribution in [1.29, 1.82) is 0 Å². The maximum Gasteiger partial charge on any atom is 0.327 e. The van der Waals surface area contributed by atoms with Crippen molar-refractivity contribution < 1.29 is 0 Å². The molecule has 0 amide bonds. The van der Waals surface area contributed by atoms with Crippen molar-refractivity contribution >= 4 is 34.2 Å². The van der Waals surface area contributed by atoms with E-state index in [1.165, 1.54) is 0 Å². The van der Waals surface area contributed by atoms with Gasteiger partial charge in [0.05, 0.1) is 5.69 Å². The van der Waals surface area contributed by atoms with Gasteiger partial charge in [0, 0.05) is 22.7 Å². The lowest BCUT2D eigenvalue weighted by atomic mass is 10.1. The number of aromatic nitrogens is 5. The predicted octanol–water partition coefficient (Wildman–Crippen LogP) is 1.82. The lowest BCUT2D eigenvalue weighted by Crippen LogP contribution is -2.23. The number of fused-ring (bicyclic) bond motifs is 2. The first kappa shape index (κ1) is 12.7. The molecule has 0 fully saturated rings. The average Bonchev–Trinajstić information content (AvgIpc) is 2.89. The van der Waals surface area contributed by atoms with Gasteiger partial charge >= 0.3 is 5.69 Å². The van der Waals surface area contributed by atoms with Gasteiger partial charge in [0.1, 0.15) is 5.39 Å². The van der Waals surface area contributed by atoms with Gasteiger partial charge in [-0.3, -0.25) is 14.8 Å². The van der Waals surface area contributed by atoms with Crippen LogP contribution in [0.4, 0.5) is 0 Å². The van der Waals surface area contributed by atoms with E-state index in [2.05, 4.69) is 24.9 Å². The molecule has 8 heteroatoms. The minimum Gasteiger partial charge on any atom is -0.360 e. The first-order valence-electron chi connectivity index (χ1n) is 6.46. The third-order valence-corrected chi connectivity index (χ3v) is 3.67. The maximum atomic E-state index is 12.2. The first-order chi connectivity index (χ1) is 10.6. The van der Waals surface area contributed by atoms with Gasteiger partial charge in [0.2, 0.25) is 0 Å². The zero-order chi connectivity index (χ0) is 15.3. The molecule has 0 aliphatic carbocycles. The zero-order valence-corrected chi connectivity index (χ0v) is 11.9. The van der Waals surface area contributed by atoms with Crippen LogP contribution in [-0.2, 0) is 0 Å². The highest BCUT2D eigenvalue weighted by atomic mass is 32.1. The standard InChI is InChI=1S/C14H9N5O2S/c20-12-9-10(7-5-15-8-4-2-1-3-6(7)8)16-14(22)18-11(9)17-13(21)19-12/h1-5,15H,(H3,16,17,18,19,20,21,22). The number of nitrogens with zero attached hydrogens (tertiary/aromatic N) is 1. The molecule has 0 saturated heterocycles. The molecule has 108 valence electrons. The topological polar surface area (TPSA) is 110 Å². The van der Waals surface area contributed by atoms with Crippen LogP contribution in [0.5, 0.6) is 0 Å². The molecule has 1 aromatic carbocycles. The average molecular weight is 311 g/mol. The summed E-state index contributed by atoms with van der Waals surface area (Å²) in [6, 6.07) is 7.69. The smallest absolute Gasteiger partial charge is 0.327 e. The van der Waals surface area contributed by atoms with Gasteiger partial charge in [-0.05, 0) is 18.3 Å². The van der Waals surface area contributed by atoms with Crippen LogP contribution in [-0.4, -0.2) is 24.9 Å². The van der Waals surface area contributed by atoms with Gasteiger partial charge in [-0.1, -0.05) is 18.2 Å². The minimum atomic E-state index is -0.615. The summed E-state index contributed by atoms with van der Waals surface area (Å²) in [5.74, 6) is 0. The fourth-order valence-electron chi connectivity index (χ4n) is 2.57. The minimum absolute atomic E-state index is 0.165. The van der Waals surface area contributed by atoms with Crippen molar-refractivity contribution in [3.8, 4) is 11.3 Å². The molecule has 0 radical (unpaired) electrons. The SMILES string of the molecule is O=c1[nH]c(=O)c2c(-c3c[nH]c4ccccc34)[nH]c(=S)nc2[nH]1. The summed E-state index contributed by atoms with van der Waals surface area (Å²) in [6.07, 6.45) is 1.79. The molecular formula is C14H9N5O2S. The third kappa shape index (κ3) is 1.81. The molecule has 0 unspecified atom stereocenters. The van der Waals surface area contributed by atoms with Gasteiger partial charge in [-0.2, -0.15) is 0 Å². The molecule has 0 bridgehead atoms. The van der Waals surface area contributed by atoms with E-state index in [1.807, 2.05) is 24.3 Å². The van der Waals surface area contributed by atoms with Crippen LogP contribution in [0.15, 0.2) is 40.1 Å². The van der Waals surface area contributed by atoms with Crippen LogP contribution in [0.2, 0.25) is 0 Å². The molecule has 0 saturated carbocycles. The molecule has 0 aliphatic heterocycles. The van der Waals surface area contributed by atoms with Crippen LogP contribution < -0.4 is 11.2 Å². The van der Waals surface area contributed by atoms with E-state index in [-0.39, 0.29) is 15.8 Å². The van der Waals surface area contributed by atoms with Gasteiger partial charge in [-0.15, -0.1) is 0 Å². The summed E-state index contributed by atoms with van der Waals surface area (Å²) in [7, 11) is 0. The number of H-pyrrole nitrogens is 4. The van der Waals surface area contributed by atoms with Crippen molar-refractivity contribution in [3.05, 3.63) is 56.1 Å². The van der Waals surface area contributed by atoms with Crippen LogP contribution in [0, 0.1) is 4.77 Å². The van der Waals surface area contributed by atoms with E-state index >= 15 is 0 Å². The van der Waals surface area contributed by atoms with Crippen molar-refractivity contribution in [2.75, 3.05) is 0 Å². The second-order valence-corrected chi connectivity index (χ2v) is 5.18. The molecule has 0 aliphatic rings. The van der Waals surface area contributed by atoms with E-state index in [1.54, 1.807) is 6.20 Å². The Kier molecular flexibility index (Phi) is 2.60. The highest BCUT2D eigenvalue weighted by Gasteiger charge is 2.14. The van der Waals surface area contributed by atoms with Crippen molar-refractivity contribution in [1.82, 2.24) is 24.9 Å². The molecule has 4 N–H and O–H groups in total. The Labute approximate surface area is 127 Å². The molecule has 22 heavy (non-hydrogen) atoms. The Balaban J connectivity index is 2.22. The Morgan fingerprint density at radius 2 is 1.86 bits per heavy atom. The summed E-state index contributed by atoms with van der Waals surface area (Å²) in [5, 5.41) is 1.20. The number of nitrogens with one attached hydrogen (secondary N) is 4. The number of hydrogen-bond donors (Lipinski definition) is 4. The monoisotopic (exact) mass is 311 g/mol. The lowest BCUT2D eigenvalue weighted by Gasteiger charge is -2.04. The third-order valence-electron chi connectivity index (χ3n) is 3.48. The second kappa shape index (κ2) is 4.50. The van der Waals surface area contributed by atoms with E-state index in [4.69, 9.17) is 12.2 Å². The van der Waals surface area contributed by atoms with Gasteiger partial charge in [-0.25, -0.2) is 9.78 Å². The predicted molar refractivity (Wildman–Crippen MR) is 85.5 cm³/mol. The first-order valence-corrected chi connectivity index (χ1v) is 6.87. The lowest BCUT2D eigenvalue weighted by molar-refractivity contribution is 1.04. The number of benzene rings is 1. The normalized spacial score (nSPS) is 11.3. The van der Waals surface area contributed by atoms with E-state index < -0.39 is 11.2 Å². The molecule has 3 aromatic heterocycles. The molecule has 4 rings (SSSR count). The van der Waals surface area contributed by atoms with E-state index in [0.717, 1.165) is 16.5 Å². The Morgan fingerprint density at radius 1 is 1.05 bits per heavy atom. The number of aromatic amines is 4. The Bertz CT molecular complexity index is 1190. The molecule has 4 aromatic rings. The summed E-state index contributed by atoms with van der Waals surface area (Å²) in [4.78, 5) is 38.4. The van der Waals surface area contributed by atoms with Crippen LogP contribution >= 0.6 is 12.2 Å².